The minimum atomic E-state index is -0.476. The molecule has 1 fully saturated rings. The number of piperazine rings is 1. The maximum atomic E-state index is 13.3. The van der Waals surface area contributed by atoms with E-state index in [1.165, 1.54) is 7.11 Å². The van der Waals surface area contributed by atoms with Crippen molar-refractivity contribution in [2.24, 2.45) is 5.73 Å². The highest BCUT2D eigenvalue weighted by Crippen LogP contribution is 2.38. The van der Waals surface area contributed by atoms with Crippen LogP contribution < -0.4 is 21.3 Å². The van der Waals surface area contributed by atoms with Gasteiger partial charge >= 0.3 is 5.97 Å². The number of likely N-dealkylation sites (N-methyl/N-ethyl adjacent to an activating group) is 1. The normalized spacial score (nSPS) is 15.9. The quantitative estimate of drug-likeness (QED) is 0.127. The third-order valence-electron chi connectivity index (χ3n) is 8.41. The number of fused-ring (bicyclic) bond motifs is 1. The first-order valence-corrected chi connectivity index (χ1v) is 16.2. The zero-order valence-corrected chi connectivity index (χ0v) is 27.6. The van der Waals surface area contributed by atoms with Crippen LogP contribution in [-0.4, -0.2) is 114 Å². The molecular formula is C36H44N6O6. The first-order valence-electron chi connectivity index (χ1n) is 16.2. The van der Waals surface area contributed by atoms with Crippen molar-refractivity contribution >= 4 is 46.1 Å². The van der Waals surface area contributed by atoms with E-state index >= 15 is 0 Å². The number of hydrogen-bond donors (Lipinski definition) is 3. The highest BCUT2D eigenvalue weighted by atomic mass is 16.5. The van der Waals surface area contributed by atoms with Crippen molar-refractivity contribution in [3.05, 3.63) is 89.5 Å². The van der Waals surface area contributed by atoms with Crippen LogP contribution in [0, 0.1) is 0 Å². The van der Waals surface area contributed by atoms with Crippen LogP contribution in [0.25, 0.3) is 11.3 Å². The van der Waals surface area contributed by atoms with Gasteiger partial charge in [-0.1, -0.05) is 36.4 Å². The highest BCUT2D eigenvalue weighted by Gasteiger charge is 2.29. The van der Waals surface area contributed by atoms with E-state index in [0.29, 0.717) is 67.6 Å². The largest absolute Gasteiger partial charge is 0.465 e. The number of benzene rings is 3. The summed E-state index contributed by atoms with van der Waals surface area (Å²) >= 11 is 0. The second-order valence-corrected chi connectivity index (χ2v) is 11.6. The summed E-state index contributed by atoms with van der Waals surface area (Å²) < 4.78 is 15.8. The Balaban J connectivity index is 1.19. The van der Waals surface area contributed by atoms with E-state index in [1.54, 1.807) is 30.1 Å². The molecule has 3 aromatic rings. The van der Waals surface area contributed by atoms with Crippen molar-refractivity contribution in [2.45, 2.75) is 0 Å². The van der Waals surface area contributed by atoms with E-state index in [4.69, 9.17) is 19.9 Å². The van der Waals surface area contributed by atoms with Crippen LogP contribution in [0.3, 0.4) is 0 Å². The topological polar surface area (TPSA) is 139 Å². The summed E-state index contributed by atoms with van der Waals surface area (Å²) in [6.45, 7) is 7.46. The van der Waals surface area contributed by atoms with Crippen LogP contribution in [0.4, 0.5) is 17.1 Å². The average molecular weight is 657 g/mol. The van der Waals surface area contributed by atoms with Crippen molar-refractivity contribution in [3.8, 4) is 0 Å². The zero-order valence-electron chi connectivity index (χ0n) is 27.6. The van der Waals surface area contributed by atoms with Gasteiger partial charge in [-0.25, -0.2) is 4.79 Å². The number of amides is 2. The van der Waals surface area contributed by atoms with E-state index in [1.807, 2.05) is 54.6 Å². The molecular weight excluding hydrogens is 612 g/mol. The van der Waals surface area contributed by atoms with Gasteiger partial charge in [-0.2, -0.15) is 0 Å². The van der Waals surface area contributed by atoms with E-state index < -0.39 is 5.97 Å². The fraction of sp³-hybridized carbons (Fsp3) is 0.361. The Bertz CT molecular complexity index is 1590. The summed E-state index contributed by atoms with van der Waals surface area (Å²) in [5.41, 5.74) is 10.4. The fourth-order valence-electron chi connectivity index (χ4n) is 5.67. The second-order valence-electron chi connectivity index (χ2n) is 11.6. The molecule has 1 saturated heterocycles. The van der Waals surface area contributed by atoms with Gasteiger partial charge in [0.2, 0.25) is 5.91 Å². The minimum Gasteiger partial charge on any atom is -0.465 e. The molecule has 0 spiro atoms. The number of nitrogens with zero attached hydrogens (tertiary/aromatic N) is 3. The van der Waals surface area contributed by atoms with Crippen LogP contribution in [-0.2, 0) is 23.8 Å². The van der Waals surface area contributed by atoms with Gasteiger partial charge in [0, 0.05) is 63.3 Å². The Kier molecular flexibility index (Phi) is 12.3. The molecule has 12 heteroatoms. The molecule has 5 rings (SSSR count). The summed E-state index contributed by atoms with van der Waals surface area (Å²) in [6, 6.07) is 22.2. The molecule has 0 saturated carbocycles. The third-order valence-corrected chi connectivity index (χ3v) is 8.41. The number of ether oxygens (including phenoxy) is 3. The van der Waals surface area contributed by atoms with Crippen LogP contribution in [0.1, 0.15) is 21.5 Å². The average Bonchev–Trinajstić information content (AvgIpc) is 3.45. The molecule has 0 radical (unpaired) electrons. The van der Waals surface area contributed by atoms with Crippen molar-refractivity contribution in [2.75, 3.05) is 102 Å². The van der Waals surface area contributed by atoms with Crippen LogP contribution in [0.2, 0.25) is 0 Å². The lowest BCUT2D eigenvalue weighted by Crippen LogP contribution is -2.50. The van der Waals surface area contributed by atoms with Crippen LogP contribution in [0.5, 0.6) is 0 Å². The van der Waals surface area contributed by atoms with Gasteiger partial charge in [0.05, 0.1) is 62.6 Å². The van der Waals surface area contributed by atoms with Gasteiger partial charge < -0.3 is 35.5 Å². The van der Waals surface area contributed by atoms with Gasteiger partial charge in [0.15, 0.2) is 0 Å². The molecule has 0 aliphatic carbocycles. The Morgan fingerprint density at radius 3 is 2.25 bits per heavy atom. The zero-order chi connectivity index (χ0) is 33.9. The van der Waals surface area contributed by atoms with E-state index in [2.05, 4.69) is 20.4 Å². The number of nitrogens with one attached hydrogen (secondary N) is 2. The molecule has 12 nitrogen and oxygen atoms in total. The smallest absolute Gasteiger partial charge is 0.337 e. The van der Waals surface area contributed by atoms with Crippen LogP contribution >= 0.6 is 0 Å². The minimum absolute atomic E-state index is 0.0163. The van der Waals surface area contributed by atoms with Crippen molar-refractivity contribution in [1.29, 1.82) is 0 Å². The maximum Gasteiger partial charge on any atom is 0.337 e. The molecule has 0 bridgehead atoms. The Morgan fingerprint density at radius 1 is 0.875 bits per heavy atom. The molecule has 0 aromatic heterocycles. The number of carbonyl (C=O) groups excluding carboxylic acids is 3. The molecule has 2 heterocycles. The summed E-state index contributed by atoms with van der Waals surface area (Å²) in [6.07, 6.45) is 0. The van der Waals surface area contributed by atoms with Crippen molar-refractivity contribution in [3.63, 3.8) is 0 Å². The number of hydrogen-bond acceptors (Lipinski definition) is 10. The second kappa shape index (κ2) is 17.0. The third kappa shape index (κ3) is 8.85. The lowest BCUT2D eigenvalue weighted by Gasteiger charge is -2.34. The molecule has 0 unspecified atom stereocenters. The predicted molar refractivity (Wildman–Crippen MR) is 187 cm³/mol. The number of methoxy groups -OCH3 is 1. The van der Waals surface area contributed by atoms with Gasteiger partial charge in [0.25, 0.3) is 5.91 Å². The summed E-state index contributed by atoms with van der Waals surface area (Å²) in [7, 11) is 3.11. The van der Waals surface area contributed by atoms with E-state index in [0.717, 1.165) is 49.7 Å². The van der Waals surface area contributed by atoms with Gasteiger partial charge in [-0.05, 0) is 42.0 Å². The summed E-state index contributed by atoms with van der Waals surface area (Å²) in [4.78, 5) is 44.8. The maximum absolute atomic E-state index is 13.3. The molecule has 48 heavy (non-hydrogen) atoms. The lowest BCUT2D eigenvalue weighted by atomic mass is 9.99. The lowest BCUT2D eigenvalue weighted by molar-refractivity contribution is -0.120. The van der Waals surface area contributed by atoms with Crippen molar-refractivity contribution < 1.29 is 28.6 Å². The van der Waals surface area contributed by atoms with E-state index in [-0.39, 0.29) is 11.8 Å². The number of rotatable bonds is 15. The Labute approximate surface area is 281 Å². The first kappa shape index (κ1) is 34.7. The molecule has 0 atom stereocenters. The van der Waals surface area contributed by atoms with Crippen LogP contribution in [0.15, 0.2) is 72.8 Å². The molecule has 2 aliphatic rings. The van der Waals surface area contributed by atoms with Gasteiger partial charge in [-0.3, -0.25) is 19.4 Å². The molecule has 4 N–H and O–H groups in total. The highest BCUT2D eigenvalue weighted by molar-refractivity contribution is 6.37. The number of anilines is 3. The van der Waals surface area contributed by atoms with Gasteiger partial charge in [0.1, 0.15) is 0 Å². The first-order chi connectivity index (χ1) is 23.4. The molecule has 2 aliphatic heterocycles. The summed E-state index contributed by atoms with van der Waals surface area (Å²) in [5, 5.41) is 6.33. The SMILES string of the molecule is COC(=O)c1ccc2c(c1)NC(=O)/C2=C(\Nc1ccc(N(C)C(=O)CN2CCN(CCOCCOCCN)CC2)cc1)c1ccccc1. The Hall–Kier alpha value is -4.59. The number of esters is 1. The molecule has 254 valence electrons. The Morgan fingerprint density at radius 2 is 1.56 bits per heavy atom. The standard InChI is InChI=1S/C36H44N6O6/c1-40(32(43)25-42-17-15-41(16-18-42)19-21-48-23-22-47-20-14-37)29-11-9-28(10-12-29)38-34(26-6-4-3-5-7-26)33-30-13-8-27(36(45)46-2)24-31(30)39-35(33)44/h3-13,24,38H,14-23,25,37H2,1-2H3,(H,39,44)/b34-33-. The monoisotopic (exact) mass is 656 g/mol. The van der Waals surface area contributed by atoms with Crippen molar-refractivity contribution in [1.82, 2.24) is 9.80 Å². The number of carbonyl (C=O) groups is 3. The predicted octanol–water partition coefficient (Wildman–Crippen LogP) is 2.98. The molecule has 3 aromatic carbocycles. The van der Waals surface area contributed by atoms with E-state index in [9.17, 15) is 14.4 Å². The fourth-order valence-corrected chi connectivity index (χ4v) is 5.67. The molecule has 2 amide bonds. The summed E-state index contributed by atoms with van der Waals surface area (Å²) in [5.74, 6) is -0.739. The van der Waals surface area contributed by atoms with Gasteiger partial charge in [-0.15, -0.1) is 0 Å². The number of nitrogens with two attached hydrogens (primary N) is 1.